The molecule has 2 aromatic rings. The second-order valence-corrected chi connectivity index (χ2v) is 5.04. The first-order chi connectivity index (χ1) is 10.0. The Morgan fingerprint density at radius 2 is 1.95 bits per heavy atom. The zero-order valence-electron chi connectivity index (χ0n) is 13.1. The molecule has 2 heterocycles. The third-order valence-electron chi connectivity index (χ3n) is 3.72. The predicted octanol–water partition coefficient (Wildman–Crippen LogP) is 2.51. The minimum Gasteiger partial charge on any atom is -0.384 e. The minimum atomic E-state index is -0.485. The maximum atomic E-state index is 5.97. The van der Waals surface area contributed by atoms with Gasteiger partial charge in [-0.2, -0.15) is 5.10 Å². The molecule has 0 aliphatic carbocycles. The third kappa shape index (κ3) is 3.05. The fraction of sp³-hybridized carbons (Fsp3) is 0.533. The summed E-state index contributed by atoms with van der Waals surface area (Å²) in [6.07, 6.45) is 5.28. The first kappa shape index (κ1) is 15.4. The molecule has 0 aromatic carbocycles. The Morgan fingerprint density at radius 1 is 1.24 bits per heavy atom. The normalized spacial score (nSPS) is 11.8. The second kappa shape index (κ2) is 6.22. The number of nitrogen functional groups attached to an aromatic ring is 1. The van der Waals surface area contributed by atoms with Gasteiger partial charge in [0.15, 0.2) is 5.82 Å². The number of rotatable bonds is 6. The molecule has 2 N–H and O–H groups in total. The van der Waals surface area contributed by atoms with Gasteiger partial charge in [-0.3, -0.25) is 4.68 Å². The Balaban J connectivity index is 2.51. The summed E-state index contributed by atoms with van der Waals surface area (Å²) in [7, 11) is 1.87. The highest BCUT2D eigenvalue weighted by Crippen LogP contribution is 2.32. The summed E-state index contributed by atoms with van der Waals surface area (Å²) in [4.78, 5) is 9.09. The molecule has 0 amide bonds. The Labute approximate surface area is 125 Å². The standard InChI is InChI=1S/C15H23N5O/c1-5-15(6-2,21-7-3)14-18-12(8-13(16)19-14)11-9-17-20(4)10-11/h8-10H,5-7H2,1-4H3,(H2,16,18,19). The number of aromatic nitrogens is 4. The van der Waals surface area contributed by atoms with E-state index in [9.17, 15) is 0 Å². The first-order valence-electron chi connectivity index (χ1n) is 7.32. The predicted molar refractivity (Wildman–Crippen MR) is 82.5 cm³/mol. The monoisotopic (exact) mass is 289 g/mol. The number of anilines is 1. The van der Waals surface area contributed by atoms with Gasteiger partial charge in [0.05, 0.1) is 11.9 Å². The van der Waals surface area contributed by atoms with Gasteiger partial charge in [0.2, 0.25) is 0 Å². The topological polar surface area (TPSA) is 78.9 Å². The molecule has 0 saturated heterocycles. The van der Waals surface area contributed by atoms with Gasteiger partial charge < -0.3 is 10.5 Å². The maximum absolute atomic E-state index is 5.97. The lowest BCUT2D eigenvalue weighted by molar-refractivity contribution is -0.0569. The maximum Gasteiger partial charge on any atom is 0.163 e. The number of ether oxygens (including phenoxy) is 1. The first-order valence-corrected chi connectivity index (χ1v) is 7.32. The van der Waals surface area contributed by atoms with Crippen LogP contribution in [0.25, 0.3) is 11.3 Å². The highest BCUT2D eigenvalue weighted by atomic mass is 16.5. The quantitative estimate of drug-likeness (QED) is 0.884. The van der Waals surface area contributed by atoms with Gasteiger partial charge in [0.1, 0.15) is 11.4 Å². The van der Waals surface area contributed by atoms with Crippen molar-refractivity contribution in [3.63, 3.8) is 0 Å². The van der Waals surface area contributed by atoms with Gasteiger partial charge in [-0.25, -0.2) is 9.97 Å². The molecule has 21 heavy (non-hydrogen) atoms. The average Bonchev–Trinajstić information content (AvgIpc) is 2.91. The zero-order valence-corrected chi connectivity index (χ0v) is 13.1. The van der Waals surface area contributed by atoms with E-state index >= 15 is 0 Å². The lowest BCUT2D eigenvalue weighted by atomic mass is 9.95. The van der Waals surface area contributed by atoms with Crippen molar-refractivity contribution in [1.82, 2.24) is 19.7 Å². The van der Waals surface area contributed by atoms with Crippen molar-refractivity contribution < 1.29 is 4.74 Å². The summed E-state index contributed by atoms with van der Waals surface area (Å²) in [6, 6.07) is 1.77. The number of aryl methyl sites for hydroxylation is 1. The summed E-state index contributed by atoms with van der Waals surface area (Å²) in [5.41, 5.74) is 7.18. The number of nitrogens with two attached hydrogens (primary N) is 1. The smallest absolute Gasteiger partial charge is 0.163 e. The van der Waals surface area contributed by atoms with Crippen LogP contribution in [-0.4, -0.2) is 26.4 Å². The minimum absolute atomic E-state index is 0.449. The van der Waals surface area contributed by atoms with Gasteiger partial charge in [0, 0.05) is 31.5 Å². The summed E-state index contributed by atoms with van der Waals surface area (Å²) < 4.78 is 7.70. The van der Waals surface area contributed by atoms with Crippen LogP contribution in [0, 0.1) is 0 Å². The van der Waals surface area contributed by atoms with E-state index in [1.165, 1.54) is 0 Å². The van der Waals surface area contributed by atoms with E-state index in [-0.39, 0.29) is 0 Å². The molecule has 0 atom stereocenters. The molecule has 0 radical (unpaired) electrons. The number of hydrogen-bond donors (Lipinski definition) is 1. The molecule has 0 fully saturated rings. The molecule has 2 aromatic heterocycles. The van der Waals surface area contributed by atoms with E-state index in [0.29, 0.717) is 18.2 Å². The molecule has 0 saturated carbocycles. The van der Waals surface area contributed by atoms with E-state index in [1.807, 2.05) is 20.2 Å². The molecule has 6 nitrogen and oxygen atoms in total. The molecule has 0 aliphatic rings. The van der Waals surface area contributed by atoms with Crippen LogP contribution in [0.2, 0.25) is 0 Å². The number of hydrogen-bond acceptors (Lipinski definition) is 5. The molecule has 6 heteroatoms. The van der Waals surface area contributed by atoms with Crippen LogP contribution in [0.5, 0.6) is 0 Å². The third-order valence-corrected chi connectivity index (χ3v) is 3.72. The van der Waals surface area contributed by atoms with Crippen molar-refractivity contribution >= 4 is 5.82 Å². The highest BCUT2D eigenvalue weighted by Gasteiger charge is 2.33. The van der Waals surface area contributed by atoms with Crippen molar-refractivity contribution in [1.29, 1.82) is 0 Å². The van der Waals surface area contributed by atoms with Crippen LogP contribution in [0.1, 0.15) is 39.4 Å². The Bertz CT molecular complexity index is 604. The van der Waals surface area contributed by atoms with E-state index in [1.54, 1.807) is 16.9 Å². The van der Waals surface area contributed by atoms with Crippen LogP contribution < -0.4 is 5.73 Å². The van der Waals surface area contributed by atoms with Crippen LogP contribution >= 0.6 is 0 Å². The van der Waals surface area contributed by atoms with Crippen molar-refractivity contribution in [2.24, 2.45) is 7.05 Å². The zero-order chi connectivity index (χ0) is 15.5. The summed E-state index contributed by atoms with van der Waals surface area (Å²) in [6.45, 7) is 6.75. The molecular weight excluding hydrogens is 266 g/mol. The van der Waals surface area contributed by atoms with Crippen molar-refractivity contribution in [2.75, 3.05) is 12.3 Å². The molecule has 0 unspecified atom stereocenters. The largest absolute Gasteiger partial charge is 0.384 e. The van der Waals surface area contributed by atoms with Gasteiger partial charge in [-0.15, -0.1) is 0 Å². The molecular formula is C15H23N5O. The van der Waals surface area contributed by atoms with Crippen molar-refractivity contribution in [3.8, 4) is 11.3 Å². The lowest BCUT2D eigenvalue weighted by Crippen LogP contribution is -2.31. The summed E-state index contributed by atoms with van der Waals surface area (Å²) >= 11 is 0. The van der Waals surface area contributed by atoms with Crippen LogP contribution in [0.15, 0.2) is 18.5 Å². The van der Waals surface area contributed by atoms with Crippen LogP contribution in [0.4, 0.5) is 5.82 Å². The van der Waals surface area contributed by atoms with Gasteiger partial charge in [-0.05, 0) is 19.8 Å². The molecule has 2 rings (SSSR count). The van der Waals surface area contributed by atoms with Gasteiger partial charge >= 0.3 is 0 Å². The average molecular weight is 289 g/mol. The highest BCUT2D eigenvalue weighted by molar-refractivity contribution is 5.60. The van der Waals surface area contributed by atoms with Crippen LogP contribution in [-0.2, 0) is 17.4 Å². The molecule has 114 valence electrons. The van der Waals surface area contributed by atoms with E-state index < -0.39 is 5.60 Å². The molecule has 0 aliphatic heterocycles. The Kier molecular flexibility index (Phi) is 4.57. The van der Waals surface area contributed by atoms with E-state index in [0.717, 1.165) is 24.1 Å². The molecule has 0 bridgehead atoms. The lowest BCUT2D eigenvalue weighted by Gasteiger charge is -2.30. The summed E-state index contributed by atoms with van der Waals surface area (Å²) in [5.74, 6) is 1.10. The van der Waals surface area contributed by atoms with Crippen molar-refractivity contribution in [3.05, 3.63) is 24.3 Å². The second-order valence-electron chi connectivity index (χ2n) is 5.04. The van der Waals surface area contributed by atoms with Gasteiger partial charge in [-0.1, -0.05) is 13.8 Å². The van der Waals surface area contributed by atoms with E-state index in [2.05, 4.69) is 28.9 Å². The SMILES string of the molecule is CCOC(CC)(CC)c1nc(N)cc(-c2cnn(C)c2)n1. The van der Waals surface area contributed by atoms with E-state index in [4.69, 9.17) is 10.5 Å². The fourth-order valence-corrected chi connectivity index (χ4v) is 2.48. The van der Waals surface area contributed by atoms with Gasteiger partial charge in [0.25, 0.3) is 0 Å². The summed E-state index contributed by atoms with van der Waals surface area (Å²) in [5, 5.41) is 4.18. The molecule has 0 spiro atoms. The van der Waals surface area contributed by atoms with Crippen molar-refractivity contribution in [2.45, 2.75) is 39.2 Å². The fourth-order valence-electron chi connectivity index (χ4n) is 2.48. The Morgan fingerprint density at radius 3 is 2.48 bits per heavy atom. The van der Waals surface area contributed by atoms with Crippen LogP contribution in [0.3, 0.4) is 0 Å². The number of nitrogens with zero attached hydrogens (tertiary/aromatic N) is 4. The Hall–Kier alpha value is -1.95.